The second-order valence-corrected chi connectivity index (χ2v) is 9.71. The van der Waals surface area contributed by atoms with E-state index in [1.165, 1.54) is 51.5 Å². The minimum atomic E-state index is 0.0957. The van der Waals surface area contributed by atoms with Crippen LogP contribution in [-0.4, -0.2) is 76.5 Å². The SMILES string of the molecule is CC(C)N=C(N=CN)c1cn2c(n1)-c1cnc(N3CCCC3CN3CCCCC3)cc1OCC2. The summed E-state index contributed by atoms with van der Waals surface area (Å²) in [6.45, 7) is 9.94. The normalized spacial score (nSPS) is 21.6. The summed E-state index contributed by atoms with van der Waals surface area (Å²) in [5, 5.41) is 0. The van der Waals surface area contributed by atoms with Crippen molar-refractivity contribution >= 4 is 18.0 Å². The maximum atomic E-state index is 6.17. The molecule has 1 unspecified atom stereocenters. The molecule has 0 aromatic carbocycles. The van der Waals surface area contributed by atoms with Crippen molar-refractivity contribution in [3.05, 3.63) is 24.2 Å². The molecule has 0 bridgehead atoms. The fourth-order valence-corrected chi connectivity index (χ4v) is 5.28. The lowest BCUT2D eigenvalue weighted by Crippen LogP contribution is -2.42. The zero-order valence-electron chi connectivity index (χ0n) is 20.4. The van der Waals surface area contributed by atoms with Gasteiger partial charge in [-0.05, 0) is 52.6 Å². The molecule has 5 heterocycles. The lowest BCUT2D eigenvalue weighted by atomic mass is 10.1. The molecule has 9 nitrogen and oxygen atoms in total. The van der Waals surface area contributed by atoms with E-state index in [4.69, 9.17) is 20.4 Å². The first-order valence-corrected chi connectivity index (χ1v) is 12.6. The van der Waals surface area contributed by atoms with Crippen LogP contribution in [-0.2, 0) is 6.54 Å². The number of anilines is 1. The van der Waals surface area contributed by atoms with Crippen LogP contribution < -0.4 is 15.4 Å². The molecular formula is C25H36N8O. The molecule has 182 valence electrons. The monoisotopic (exact) mass is 464 g/mol. The van der Waals surface area contributed by atoms with Gasteiger partial charge in [0.2, 0.25) is 0 Å². The number of likely N-dealkylation sites (tertiary alicyclic amines) is 1. The van der Waals surface area contributed by atoms with Gasteiger partial charge in [0.1, 0.15) is 29.7 Å². The Kier molecular flexibility index (Phi) is 6.80. The molecule has 2 aromatic heterocycles. The summed E-state index contributed by atoms with van der Waals surface area (Å²) in [5.74, 6) is 3.22. The standard InChI is InChI=1S/C25H36N8O/c1-18(2)29-24(28-17-26)21-16-32-11-12-34-22-13-23(27-14-20(22)25(32)30-21)33-10-6-7-19(33)15-31-8-4-3-5-9-31/h13-14,16-19H,3-12,15H2,1-2H3,(H2,26,28,29). The van der Waals surface area contributed by atoms with Crippen molar-refractivity contribution in [2.75, 3.05) is 37.7 Å². The van der Waals surface area contributed by atoms with Crippen molar-refractivity contribution in [2.45, 2.75) is 64.6 Å². The molecule has 2 N–H and O–H groups in total. The van der Waals surface area contributed by atoms with E-state index in [2.05, 4.69) is 30.4 Å². The number of hydrogen-bond acceptors (Lipinski definition) is 6. The van der Waals surface area contributed by atoms with Gasteiger partial charge in [-0.15, -0.1) is 0 Å². The second kappa shape index (κ2) is 10.1. The second-order valence-electron chi connectivity index (χ2n) is 9.71. The van der Waals surface area contributed by atoms with Gasteiger partial charge in [0.05, 0.1) is 18.4 Å². The number of aliphatic imine (C=N–C) groups is 2. The number of rotatable bonds is 5. The average molecular weight is 465 g/mol. The third kappa shape index (κ3) is 4.80. The Morgan fingerprint density at radius 3 is 2.85 bits per heavy atom. The fourth-order valence-electron chi connectivity index (χ4n) is 5.28. The van der Waals surface area contributed by atoms with E-state index in [9.17, 15) is 0 Å². The smallest absolute Gasteiger partial charge is 0.176 e. The lowest BCUT2D eigenvalue weighted by molar-refractivity contribution is 0.216. The largest absolute Gasteiger partial charge is 0.491 e. The van der Waals surface area contributed by atoms with Gasteiger partial charge in [-0.2, -0.15) is 0 Å². The number of amidine groups is 1. The number of nitrogens with zero attached hydrogens (tertiary/aromatic N) is 7. The number of fused-ring (bicyclic) bond motifs is 3. The van der Waals surface area contributed by atoms with Crippen LogP contribution in [0.5, 0.6) is 5.75 Å². The first kappa shape index (κ1) is 22.8. The highest BCUT2D eigenvalue weighted by molar-refractivity contribution is 6.01. The van der Waals surface area contributed by atoms with E-state index in [-0.39, 0.29) is 6.04 Å². The number of hydrogen-bond donors (Lipinski definition) is 1. The van der Waals surface area contributed by atoms with Crippen LogP contribution >= 0.6 is 0 Å². The van der Waals surface area contributed by atoms with Crippen LogP contribution in [0.3, 0.4) is 0 Å². The van der Waals surface area contributed by atoms with Gasteiger partial charge >= 0.3 is 0 Å². The average Bonchev–Trinajstić information content (AvgIpc) is 3.43. The summed E-state index contributed by atoms with van der Waals surface area (Å²) in [4.78, 5) is 23.7. The van der Waals surface area contributed by atoms with E-state index >= 15 is 0 Å². The van der Waals surface area contributed by atoms with Gasteiger partial charge in [0, 0.05) is 43.6 Å². The predicted molar refractivity (Wildman–Crippen MR) is 136 cm³/mol. The summed E-state index contributed by atoms with van der Waals surface area (Å²) >= 11 is 0. The maximum Gasteiger partial charge on any atom is 0.176 e. The zero-order valence-corrected chi connectivity index (χ0v) is 20.4. The number of aromatic nitrogens is 3. The third-order valence-corrected chi connectivity index (χ3v) is 6.85. The molecule has 0 amide bonds. The van der Waals surface area contributed by atoms with Crippen molar-refractivity contribution in [1.82, 2.24) is 19.4 Å². The van der Waals surface area contributed by atoms with Crippen molar-refractivity contribution in [3.63, 3.8) is 0 Å². The molecule has 0 aliphatic carbocycles. The number of piperidine rings is 1. The Morgan fingerprint density at radius 2 is 2.06 bits per heavy atom. The number of ether oxygens (including phenoxy) is 1. The first-order valence-electron chi connectivity index (χ1n) is 12.6. The summed E-state index contributed by atoms with van der Waals surface area (Å²) in [6.07, 6.45) is 11.6. The third-order valence-electron chi connectivity index (χ3n) is 6.85. The number of pyridine rings is 1. The Balaban J connectivity index is 1.42. The Morgan fingerprint density at radius 1 is 1.21 bits per heavy atom. The topological polar surface area (TPSA) is 97.2 Å². The van der Waals surface area contributed by atoms with E-state index in [1.807, 2.05) is 26.2 Å². The molecule has 1 atom stereocenters. The molecule has 0 radical (unpaired) electrons. The molecule has 34 heavy (non-hydrogen) atoms. The molecular weight excluding hydrogens is 428 g/mol. The molecule has 2 fully saturated rings. The van der Waals surface area contributed by atoms with Crippen molar-refractivity contribution < 1.29 is 4.74 Å². The van der Waals surface area contributed by atoms with Crippen LogP contribution in [0.2, 0.25) is 0 Å². The first-order chi connectivity index (χ1) is 16.6. The van der Waals surface area contributed by atoms with Gasteiger partial charge < -0.3 is 24.8 Å². The number of nitrogens with two attached hydrogens (primary N) is 1. The van der Waals surface area contributed by atoms with Gasteiger partial charge in [0.25, 0.3) is 0 Å². The minimum absolute atomic E-state index is 0.0957. The van der Waals surface area contributed by atoms with E-state index in [0.717, 1.165) is 36.0 Å². The van der Waals surface area contributed by atoms with Crippen LogP contribution in [0.1, 0.15) is 51.6 Å². The Hall–Kier alpha value is -2.94. The minimum Gasteiger partial charge on any atom is -0.491 e. The maximum absolute atomic E-state index is 6.17. The molecule has 2 aromatic rings. The van der Waals surface area contributed by atoms with Crippen LogP contribution in [0.15, 0.2) is 28.4 Å². The quantitative estimate of drug-likeness (QED) is 0.540. The van der Waals surface area contributed by atoms with Crippen LogP contribution in [0.4, 0.5) is 5.82 Å². The summed E-state index contributed by atoms with van der Waals surface area (Å²) in [6, 6.07) is 2.72. The van der Waals surface area contributed by atoms with Gasteiger partial charge in [-0.25, -0.2) is 15.0 Å². The highest BCUT2D eigenvalue weighted by Gasteiger charge is 2.29. The summed E-state index contributed by atoms with van der Waals surface area (Å²) in [7, 11) is 0. The van der Waals surface area contributed by atoms with Crippen molar-refractivity contribution in [1.29, 1.82) is 0 Å². The summed E-state index contributed by atoms with van der Waals surface area (Å²) in [5.41, 5.74) is 7.18. The van der Waals surface area contributed by atoms with Gasteiger partial charge in [-0.3, -0.25) is 4.99 Å². The summed E-state index contributed by atoms with van der Waals surface area (Å²) < 4.78 is 8.27. The molecule has 5 rings (SSSR count). The fraction of sp³-hybridized carbons (Fsp3) is 0.600. The lowest BCUT2D eigenvalue weighted by Gasteiger charge is -2.33. The molecule has 0 saturated carbocycles. The Bertz CT molecular complexity index is 1050. The molecule has 9 heteroatoms. The predicted octanol–water partition coefficient (Wildman–Crippen LogP) is 2.93. The number of imidazole rings is 1. The van der Waals surface area contributed by atoms with Gasteiger partial charge in [-0.1, -0.05) is 6.42 Å². The molecule has 2 saturated heterocycles. The zero-order chi connectivity index (χ0) is 23.5. The van der Waals surface area contributed by atoms with Crippen molar-refractivity contribution in [3.8, 4) is 17.1 Å². The van der Waals surface area contributed by atoms with Crippen LogP contribution in [0.25, 0.3) is 11.4 Å². The highest BCUT2D eigenvalue weighted by Crippen LogP contribution is 2.36. The van der Waals surface area contributed by atoms with Gasteiger partial charge in [0.15, 0.2) is 5.84 Å². The molecule has 3 aliphatic heterocycles. The Labute approximate surface area is 201 Å². The van der Waals surface area contributed by atoms with Crippen molar-refractivity contribution in [2.24, 2.45) is 15.7 Å². The molecule has 3 aliphatic rings. The highest BCUT2D eigenvalue weighted by atomic mass is 16.5. The van der Waals surface area contributed by atoms with Crippen LogP contribution in [0, 0.1) is 0 Å². The van der Waals surface area contributed by atoms with E-state index in [1.54, 1.807) is 0 Å². The van der Waals surface area contributed by atoms with E-state index < -0.39 is 0 Å². The van der Waals surface area contributed by atoms with E-state index in [0.29, 0.717) is 30.7 Å². The molecule has 0 spiro atoms.